The Hall–Kier alpha value is -0.130. The number of nitrogens with one attached hydrogen (secondary N) is 1. The van der Waals surface area contributed by atoms with E-state index >= 15 is 0 Å². The van der Waals surface area contributed by atoms with Gasteiger partial charge < -0.3 is 5.32 Å². The van der Waals surface area contributed by atoms with E-state index in [0.717, 1.165) is 24.7 Å². The Bertz CT molecular complexity index is 537. The van der Waals surface area contributed by atoms with Crippen molar-refractivity contribution in [2.24, 2.45) is 17.8 Å². The molecule has 4 rings (SSSR count). The molecular formula is C18H25NOS3. The molecule has 2 bridgehead atoms. The molecule has 0 aromatic carbocycles. The molecule has 1 aromatic heterocycles. The zero-order valence-electron chi connectivity index (χ0n) is 13.6. The average Bonchev–Trinajstić information content (AvgIpc) is 3.18. The van der Waals surface area contributed by atoms with Crippen LogP contribution in [0.2, 0.25) is 0 Å². The topological polar surface area (TPSA) is 29.1 Å². The van der Waals surface area contributed by atoms with Crippen molar-refractivity contribution < 1.29 is 4.79 Å². The molecule has 1 saturated heterocycles. The van der Waals surface area contributed by atoms with Crippen LogP contribution in [0, 0.1) is 17.8 Å². The van der Waals surface area contributed by atoms with Crippen LogP contribution in [0.3, 0.4) is 0 Å². The van der Waals surface area contributed by atoms with Gasteiger partial charge in [0.1, 0.15) is 0 Å². The van der Waals surface area contributed by atoms with Gasteiger partial charge in [0.25, 0.3) is 0 Å². The van der Waals surface area contributed by atoms with Crippen LogP contribution in [0.15, 0.2) is 17.5 Å². The summed E-state index contributed by atoms with van der Waals surface area (Å²) in [5.41, 5.74) is 0. The predicted molar refractivity (Wildman–Crippen MR) is 102 cm³/mol. The molecule has 1 aliphatic heterocycles. The van der Waals surface area contributed by atoms with E-state index in [9.17, 15) is 4.79 Å². The zero-order valence-corrected chi connectivity index (χ0v) is 16.1. The highest BCUT2D eigenvalue weighted by Gasteiger charge is 2.55. The summed E-state index contributed by atoms with van der Waals surface area (Å²) in [5, 5.41) is 5.36. The Balaban J connectivity index is 1.44. The highest BCUT2D eigenvalue weighted by Crippen LogP contribution is 2.64. The Kier molecular flexibility index (Phi) is 4.72. The van der Waals surface area contributed by atoms with Gasteiger partial charge >= 0.3 is 0 Å². The second kappa shape index (κ2) is 6.64. The van der Waals surface area contributed by atoms with E-state index in [1.807, 2.05) is 0 Å². The quantitative estimate of drug-likeness (QED) is 0.821. The van der Waals surface area contributed by atoms with Crippen molar-refractivity contribution in [3.8, 4) is 0 Å². The van der Waals surface area contributed by atoms with Crippen molar-refractivity contribution in [2.75, 3.05) is 11.5 Å². The lowest BCUT2D eigenvalue weighted by Gasteiger charge is -2.52. The van der Waals surface area contributed by atoms with E-state index in [1.54, 1.807) is 11.3 Å². The maximum absolute atomic E-state index is 12.8. The number of rotatable bonds is 3. The lowest BCUT2D eigenvalue weighted by Crippen LogP contribution is -2.49. The second-order valence-electron chi connectivity index (χ2n) is 7.16. The minimum absolute atomic E-state index is 0.147. The van der Waals surface area contributed by atoms with Crippen molar-refractivity contribution in [1.82, 2.24) is 5.32 Å². The van der Waals surface area contributed by atoms with Crippen LogP contribution in [0.5, 0.6) is 0 Å². The molecular weight excluding hydrogens is 342 g/mol. The number of hydrogen-bond donors (Lipinski definition) is 1. The monoisotopic (exact) mass is 367 g/mol. The number of hydrogen-bond acceptors (Lipinski definition) is 4. The number of amides is 1. The largest absolute Gasteiger partial charge is 0.349 e. The molecule has 1 amide bonds. The first-order chi connectivity index (χ1) is 11.2. The molecule has 0 radical (unpaired) electrons. The van der Waals surface area contributed by atoms with Gasteiger partial charge in [-0.15, -0.1) is 34.9 Å². The first-order valence-corrected chi connectivity index (χ1v) is 11.7. The minimum Gasteiger partial charge on any atom is -0.349 e. The van der Waals surface area contributed by atoms with Gasteiger partial charge in [0.2, 0.25) is 5.91 Å². The summed E-state index contributed by atoms with van der Waals surface area (Å²) in [5.74, 6) is 4.65. The molecule has 2 saturated carbocycles. The fraction of sp³-hybridized carbons (Fsp3) is 0.722. The molecule has 2 aliphatic carbocycles. The summed E-state index contributed by atoms with van der Waals surface area (Å²) in [4.78, 5) is 14.1. The number of thiophene rings is 1. The number of carbonyl (C=O) groups excluding carboxylic acids is 1. The standard InChI is InChI=1S/C18H25NOS3/c1-12(16-6-3-7-21-16)19-17(20)13-10-14-4-2-5-15(11-13)18(14)22-8-9-23-18/h3,6-7,12-15H,2,4-5,8-11H2,1H3,(H,19,20)/t12-,13?,14-,15+/m0/s1. The molecule has 1 spiro atoms. The molecule has 4 atom stereocenters. The highest BCUT2D eigenvalue weighted by molar-refractivity contribution is 8.21. The molecule has 5 heteroatoms. The van der Waals surface area contributed by atoms with Gasteiger partial charge in [-0.2, -0.15) is 0 Å². The molecule has 2 heterocycles. The lowest BCUT2D eigenvalue weighted by molar-refractivity contribution is -0.128. The van der Waals surface area contributed by atoms with E-state index in [1.165, 1.54) is 35.6 Å². The Morgan fingerprint density at radius 3 is 2.57 bits per heavy atom. The molecule has 23 heavy (non-hydrogen) atoms. The van der Waals surface area contributed by atoms with E-state index in [2.05, 4.69) is 53.3 Å². The summed E-state index contributed by atoms with van der Waals surface area (Å²) in [7, 11) is 0. The van der Waals surface area contributed by atoms with Crippen LogP contribution in [0.25, 0.3) is 0 Å². The van der Waals surface area contributed by atoms with Crippen LogP contribution in [0.1, 0.15) is 49.9 Å². The fourth-order valence-electron chi connectivity index (χ4n) is 4.76. The number of thioether (sulfide) groups is 2. The maximum Gasteiger partial charge on any atom is 0.223 e. The lowest BCUT2D eigenvalue weighted by atomic mass is 9.67. The zero-order chi connectivity index (χ0) is 15.9. The summed E-state index contributed by atoms with van der Waals surface area (Å²) >= 11 is 6.16. The van der Waals surface area contributed by atoms with Crippen molar-refractivity contribution in [3.63, 3.8) is 0 Å². The highest BCUT2D eigenvalue weighted by atomic mass is 32.2. The Morgan fingerprint density at radius 2 is 1.96 bits per heavy atom. The summed E-state index contributed by atoms with van der Waals surface area (Å²) in [6.45, 7) is 2.11. The van der Waals surface area contributed by atoms with Gasteiger partial charge in [0, 0.05) is 22.3 Å². The maximum atomic E-state index is 12.8. The van der Waals surface area contributed by atoms with E-state index < -0.39 is 0 Å². The van der Waals surface area contributed by atoms with E-state index in [-0.39, 0.29) is 12.0 Å². The van der Waals surface area contributed by atoms with Gasteiger partial charge in [-0.3, -0.25) is 4.79 Å². The second-order valence-corrected chi connectivity index (χ2v) is 11.1. The molecule has 3 fully saturated rings. The van der Waals surface area contributed by atoms with Crippen LogP contribution in [-0.4, -0.2) is 21.5 Å². The van der Waals surface area contributed by atoms with Crippen molar-refractivity contribution in [1.29, 1.82) is 0 Å². The minimum atomic E-state index is 0.147. The van der Waals surface area contributed by atoms with Crippen LogP contribution in [-0.2, 0) is 4.79 Å². The molecule has 2 nitrogen and oxygen atoms in total. The van der Waals surface area contributed by atoms with Gasteiger partial charge in [0.05, 0.1) is 10.1 Å². The summed E-state index contributed by atoms with van der Waals surface area (Å²) < 4.78 is 0.467. The summed E-state index contributed by atoms with van der Waals surface area (Å²) in [6, 6.07) is 4.33. The smallest absolute Gasteiger partial charge is 0.223 e. The van der Waals surface area contributed by atoms with Gasteiger partial charge in [-0.05, 0) is 55.9 Å². The third-order valence-corrected chi connectivity index (χ3v) is 10.9. The summed E-state index contributed by atoms with van der Waals surface area (Å²) in [6.07, 6.45) is 6.26. The Labute approximate surface area is 151 Å². The van der Waals surface area contributed by atoms with Crippen molar-refractivity contribution in [3.05, 3.63) is 22.4 Å². The third-order valence-electron chi connectivity index (χ3n) is 5.82. The predicted octanol–water partition coefficient (Wildman–Crippen LogP) is 4.93. The number of carbonyl (C=O) groups is 1. The SMILES string of the molecule is C[C@H](NC(=O)C1C[C@H]2CCC[C@@H](C1)C21SCCS1)c1cccs1. The molecule has 3 aliphatic rings. The normalized spacial score (nSPS) is 33.5. The van der Waals surface area contributed by atoms with Crippen molar-refractivity contribution in [2.45, 2.75) is 49.1 Å². The fourth-order valence-corrected chi connectivity index (χ4v) is 9.43. The molecule has 1 unspecified atom stereocenters. The van der Waals surface area contributed by atoms with Crippen molar-refractivity contribution >= 4 is 40.8 Å². The van der Waals surface area contributed by atoms with E-state index in [0.29, 0.717) is 9.99 Å². The molecule has 1 N–H and O–H groups in total. The first-order valence-electron chi connectivity index (χ1n) is 8.81. The van der Waals surface area contributed by atoms with Crippen LogP contribution < -0.4 is 5.32 Å². The first kappa shape index (κ1) is 16.3. The third kappa shape index (κ3) is 2.98. The average molecular weight is 368 g/mol. The van der Waals surface area contributed by atoms with Crippen LogP contribution in [0.4, 0.5) is 0 Å². The molecule has 126 valence electrons. The van der Waals surface area contributed by atoms with Gasteiger partial charge in [-0.1, -0.05) is 12.5 Å². The van der Waals surface area contributed by atoms with E-state index in [4.69, 9.17) is 0 Å². The Morgan fingerprint density at radius 1 is 1.26 bits per heavy atom. The van der Waals surface area contributed by atoms with Crippen LogP contribution >= 0.6 is 34.9 Å². The molecule has 1 aromatic rings. The van der Waals surface area contributed by atoms with Gasteiger partial charge in [0.15, 0.2) is 0 Å². The van der Waals surface area contributed by atoms with Gasteiger partial charge in [-0.25, -0.2) is 0 Å².